The Kier molecular flexibility index (Phi) is 5.32. The van der Waals surface area contributed by atoms with E-state index in [0.29, 0.717) is 41.1 Å². The molecule has 3 heterocycles. The number of hydrogen-bond donors (Lipinski definition) is 2. The fraction of sp³-hybridized carbons (Fsp3) is 0.333. The molecule has 3 aromatic rings. The van der Waals surface area contributed by atoms with Gasteiger partial charge >= 0.3 is 0 Å². The first-order chi connectivity index (χ1) is 14.0. The van der Waals surface area contributed by atoms with Crippen molar-refractivity contribution in [3.8, 4) is 11.4 Å². The van der Waals surface area contributed by atoms with E-state index in [1.807, 2.05) is 17.9 Å². The highest BCUT2D eigenvalue weighted by molar-refractivity contribution is 7.15. The van der Waals surface area contributed by atoms with E-state index in [1.165, 1.54) is 11.3 Å². The summed E-state index contributed by atoms with van der Waals surface area (Å²) in [7, 11) is 1.58. The highest BCUT2D eigenvalue weighted by atomic mass is 32.1. The third-order valence-electron chi connectivity index (χ3n) is 4.50. The molecular formula is C18H19N7O3S. The van der Waals surface area contributed by atoms with Crippen LogP contribution in [0.25, 0.3) is 11.4 Å². The van der Waals surface area contributed by atoms with Gasteiger partial charge in [-0.25, -0.2) is 0 Å². The minimum Gasteiger partial charge on any atom is -0.355 e. The van der Waals surface area contributed by atoms with Crippen molar-refractivity contribution in [3.05, 3.63) is 40.7 Å². The van der Waals surface area contributed by atoms with Gasteiger partial charge in [-0.2, -0.15) is 4.98 Å². The third kappa shape index (κ3) is 4.30. The Morgan fingerprint density at radius 1 is 1.31 bits per heavy atom. The molecule has 0 saturated carbocycles. The first-order valence-corrected chi connectivity index (χ1v) is 9.82. The Balaban J connectivity index is 1.32. The number of likely N-dealkylation sites (tertiary alicyclic amines) is 1. The molecule has 10 nitrogen and oxygen atoms in total. The van der Waals surface area contributed by atoms with Gasteiger partial charge in [-0.1, -0.05) is 28.6 Å². The van der Waals surface area contributed by atoms with Crippen LogP contribution in [-0.2, 0) is 4.79 Å². The largest absolute Gasteiger partial charge is 0.355 e. The Labute approximate surface area is 170 Å². The van der Waals surface area contributed by atoms with Crippen molar-refractivity contribution >= 4 is 28.3 Å². The lowest BCUT2D eigenvalue weighted by atomic mass is 10.0. The molecule has 0 spiro atoms. The second-order valence-electron chi connectivity index (χ2n) is 6.68. The molecule has 0 aliphatic carbocycles. The van der Waals surface area contributed by atoms with E-state index in [1.54, 1.807) is 25.2 Å². The number of benzene rings is 1. The van der Waals surface area contributed by atoms with Crippen LogP contribution >= 0.6 is 11.3 Å². The average molecular weight is 413 g/mol. The third-order valence-corrected chi connectivity index (χ3v) is 5.25. The molecule has 2 aromatic heterocycles. The molecule has 1 aromatic carbocycles. The van der Waals surface area contributed by atoms with Crippen molar-refractivity contribution < 1.29 is 14.1 Å². The second-order valence-corrected chi connectivity index (χ2v) is 7.86. The predicted octanol–water partition coefficient (Wildman–Crippen LogP) is 1.29. The maximum absolute atomic E-state index is 12.1. The number of rotatable bonds is 6. The summed E-state index contributed by atoms with van der Waals surface area (Å²) in [5.41, 5.74) is 1.24. The summed E-state index contributed by atoms with van der Waals surface area (Å²) in [4.78, 5) is 30.3. The molecule has 0 atom stereocenters. The van der Waals surface area contributed by atoms with E-state index < -0.39 is 0 Å². The summed E-state index contributed by atoms with van der Waals surface area (Å²) < 4.78 is 5.40. The van der Waals surface area contributed by atoms with Crippen molar-refractivity contribution in [2.75, 3.05) is 32.0 Å². The molecule has 2 N–H and O–H groups in total. The van der Waals surface area contributed by atoms with Gasteiger partial charge in [-0.15, -0.1) is 10.2 Å². The fourth-order valence-electron chi connectivity index (χ4n) is 3.03. The van der Waals surface area contributed by atoms with Gasteiger partial charge in [0, 0.05) is 31.3 Å². The topological polar surface area (TPSA) is 126 Å². The number of nitrogens with one attached hydrogen (secondary N) is 2. The molecule has 150 valence electrons. The molecule has 1 aliphatic rings. The minimum atomic E-state index is -0.174. The van der Waals surface area contributed by atoms with Gasteiger partial charge in [-0.3, -0.25) is 19.8 Å². The summed E-state index contributed by atoms with van der Waals surface area (Å²) >= 11 is 1.34. The standard InChI is InChI=1S/C18H19N7O3S/c1-10-22-23-18(29-10)20-14(26)9-25-7-13(8-25)17-21-15(24-28-17)11-4-3-5-12(6-11)16(27)19-2/h3-6,13H,7-9H2,1-2H3,(H,19,27)(H,20,23,26). The average Bonchev–Trinajstić information content (AvgIpc) is 3.33. The van der Waals surface area contributed by atoms with Crippen LogP contribution in [0.4, 0.5) is 5.13 Å². The van der Waals surface area contributed by atoms with Crippen LogP contribution < -0.4 is 10.6 Å². The van der Waals surface area contributed by atoms with Crippen LogP contribution in [0.1, 0.15) is 27.2 Å². The number of hydrogen-bond acceptors (Lipinski definition) is 9. The summed E-state index contributed by atoms with van der Waals surface area (Å²) in [6.07, 6.45) is 0. The van der Waals surface area contributed by atoms with E-state index in [4.69, 9.17) is 4.52 Å². The zero-order valence-electron chi connectivity index (χ0n) is 15.9. The summed E-state index contributed by atoms with van der Waals surface area (Å²) in [6, 6.07) is 7.05. The zero-order chi connectivity index (χ0) is 20.4. The molecule has 0 bridgehead atoms. The van der Waals surface area contributed by atoms with Gasteiger partial charge < -0.3 is 9.84 Å². The lowest BCUT2D eigenvalue weighted by Gasteiger charge is -2.36. The molecule has 1 fully saturated rings. The number of nitrogens with zero attached hydrogens (tertiary/aromatic N) is 5. The highest BCUT2D eigenvalue weighted by Crippen LogP contribution is 2.27. The zero-order valence-corrected chi connectivity index (χ0v) is 16.7. The normalized spacial score (nSPS) is 14.4. The van der Waals surface area contributed by atoms with Crippen molar-refractivity contribution in [2.45, 2.75) is 12.8 Å². The number of anilines is 1. The molecule has 11 heteroatoms. The van der Waals surface area contributed by atoms with Crippen LogP contribution in [0.5, 0.6) is 0 Å². The summed E-state index contributed by atoms with van der Waals surface area (Å²) in [5, 5.41) is 18.4. The maximum Gasteiger partial charge on any atom is 0.251 e. The Morgan fingerprint density at radius 3 is 2.86 bits per heavy atom. The lowest BCUT2D eigenvalue weighted by Crippen LogP contribution is -2.48. The van der Waals surface area contributed by atoms with Crippen molar-refractivity contribution in [3.63, 3.8) is 0 Å². The van der Waals surface area contributed by atoms with Gasteiger partial charge in [0.25, 0.3) is 5.91 Å². The smallest absolute Gasteiger partial charge is 0.251 e. The SMILES string of the molecule is CNC(=O)c1cccc(-c2noc(C3CN(CC(=O)Nc4nnc(C)s4)C3)n2)c1. The van der Waals surface area contributed by atoms with E-state index in [-0.39, 0.29) is 24.3 Å². The van der Waals surface area contributed by atoms with Gasteiger partial charge in [0.1, 0.15) is 5.01 Å². The number of amides is 2. The first-order valence-electron chi connectivity index (χ1n) is 9.00. The Bertz CT molecular complexity index is 1040. The number of carbonyl (C=O) groups excluding carboxylic acids is 2. The van der Waals surface area contributed by atoms with Crippen molar-refractivity contribution in [2.24, 2.45) is 0 Å². The predicted molar refractivity (Wildman–Crippen MR) is 106 cm³/mol. The minimum absolute atomic E-state index is 0.0787. The van der Waals surface area contributed by atoms with Gasteiger partial charge in [-0.05, 0) is 19.1 Å². The molecule has 1 saturated heterocycles. The lowest BCUT2D eigenvalue weighted by molar-refractivity contribution is -0.118. The van der Waals surface area contributed by atoms with E-state index in [2.05, 4.69) is 31.0 Å². The Hall–Kier alpha value is -3.18. The fourth-order valence-corrected chi connectivity index (χ4v) is 3.63. The Morgan fingerprint density at radius 2 is 2.14 bits per heavy atom. The van der Waals surface area contributed by atoms with Crippen molar-refractivity contribution in [1.29, 1.82) is 0 Å². The monoisotopic (exact) mass is 413 g/mol. The van der Waals surface area contributed by atoms with E-state index in [9.17, 15) is 9.59 Å². The molecule has 4 rings (SSSR count). The number of carbonyl (C=O) groups is 2. The number of aryl methyl sites for hydroxylation is 1. The second kappa shape index (κ2) is 8.05. The van der Waals surface area contributed by atoms with Gasteiger partial charge in [0.15, 0.2) is 0 Å². The van der Waals surface area contributed by atoms with Crippen LogP contribution in [0.3, 0.4) is 0 Å². The van der Waals surface area contributed by atoms with Crippen LogP contribution in [0.2, 0.25) is 0 Å². The molecule has 0 unspecified atom stereocenters. The molecule has 2 amide bonds. The summed E-state index contributed by atoms with van der Waals surface area (Å²) in [6.45, 7) is 3.41. The number of aromatic nitrogens is 4. The molecule has 0 radical (unpaired) electrons. The van der Waals surface area contributed by atoms with Crippen molar-refractivity contribution in [1.82, 2.24) is 30.6 Å². The molecular weight excluding hydrogens is 394 g/mol. The van der Waals surface area contributed by atoms with Crippen LogP contribution in [-0.4, -0.2) is 63.7 Å². The molecule has 1 aliphatic heterocycles. The van der Waals surface area contributed by atoms with E-state index in [0.717, 1.165) is 5.01 Å². The van der Waals surface area contributed by atoms with Crippen LogP contribution in [0, 0.1) is 6.92 Å². The van der Waals surface area contributed by atoms with Gasteiger partial charge in [0.05, 0.1) is 12.5 Å². The first kappa shape index (κ1) is 19.2. The van der Waals surface area contributed by atoms with Crippen LogP contribution in [0.15, 0.2) is 28.8 Å². The maximum atomic E-state index is 12.1. The quantitative estimate of drug-likeness (QED) is 0.619. The van der Waals surface area contributed by atoms with E-state index >= 15 is 0 Å². The molecule has 29 heavy (non-hydrogen) atoms. The summed E-state index contributed by atoms with van der Waals surface area (Å²) in [5.74, 6) is 0.745. The highest BCUT2D eigenvalue weighted by Gasteiger charge is 2.33. The van der Waals surface area contributed by atoms with Gasteiger partial charge in [0.2, 0.25) is 22.8 Å².